The first-order valence-electron chi connectivity index (χ1n) is 8.75. The number of nitrogens with zero attached hydrogens (tertiary/aromatic N) is 4. The predicted molar refractivity (Wildman–Crippen MR) is 96.8 cm³/mol. The third-order valence-corrected chi connectivity index (χ3v) is 5.15. The molecule has 25 heavy (non-hydrogen) atoms. The van der Waals surface area contributed by atoms with E-state index in [-0.39, 0.29) is 18.3 Å². The molecule has 0 aliphatic carbocycles. The van der Waals surface area contributed by atoms with Gasteiger partial charge in [-0.2, -0.15) is 10.2 Å². The fourth-order valence-corrected chi connectivity index (χ4v) is 3.67. The summed E-state index contributed by atoms with van der Waals surface area (Å²) < 4.78 is 1.78. The van der Waals surface area contributed by atoms with Crippen LogP contribution in [-0.2, 0) is 24.3 Å². The number of amides is 1. The molecule has 0 bridgehead atoms. The summed E-state index contributed by atoms with van der Waals surface area (Å²) in [5, 5.41) is 15.4. The number of aromatic nitrogens is 4. The Labute approximate surface area is 153 Å². The maximum absolute atomic E-state index is 12.6. The minimum Gasteiger partial charge on any atom is -0.336 e. The number of hydrogen-bond donors (Lipinski definition) is 2. The minimum atomic E-state index is 0. The number of carbonyl (C=O) groups excluding carboxylic acids is 1. The van der Waals surface area contributed by atoms with Crippen molar-refractivity contribution in [2.75, 3.05) is 19.6 Å². The van der Waals surface area contributed by atoms with E-state index in [2.05, 4.69) is 26.7 Å². The van der Waals surface area contributed by atoms with E-state index in [1.807, 2.05) is 18.0 Å². The molecule has 7 nitrogen and oxygen atoms in total. The Kier molecular flexibility index (Phi) is 5.44. The normalized spacial score (nSPS) is 20.0. The van der Waals surface area contributed by atoms with Gasteiger partial charge in [0.2, 0.25) is 5.91 Å². The predicted octanol–water partition coefficient (Wildman–Crippen LogP) is 1.39. The van der Waals surface area contributed by atoms with Crippen LogP contribution in [0.25, 0.3) is 0 Å². The molecule has 2 N–H and O–H groups in total. The Balaban J connectivity index is 0.00000182. The molecule has 1 saturated heterocycles. The molecule has 1 fully saturated rings. The first-order valence-corrected chi connectivity index (χ1v) is 8.75. The lowest BCUT2D eigenvalue weighted by Crippen LogP contribution is -2.38. The van der Waals surface area contributed by atoms with Gasteiger partial charge < -0.3 is 10.2 Å². The van der Waals surface area contributed by atoms with Crippen LogP contribution in [0.15, 0.2) is 12.3 Å². The molecule has 1 amide bonds. The summed E-state index contributed by atoms with van der Waals surface area (Å²) in [6.07, 6.45) is 5.12. The Morgan fingerprint density at radius 1 is 1.44 bits per heavy atom. The van der Waals surface area contributed by atoms with Crippen molar-refractivity contribution in [1.82, 2.24) is 30.2 Å². The first-order chi connectivity index (χ1) is 11.7. The molecule has 4 heterocycles. The van der Waals surface area contributed by atoms with Gasteiger partial charge in [-0.3, -0.25) is 14.6 Å². The van der Waals surface area contributed by atoms with Crippen LogP contribution in [-0.4, -0.2) is 50.4 Å². The highest BCUT2D eigenvalue weighted by molar-refractivity contribution is 5.85. The smallest absolute Gasteiger partial charge is 0.244 e. The number of piperidine rings is 1. The molecular formula is C17H25ClN6O. The van der Waals surface area contributed by atoms with Gasteiger partial charge in [0.15, 0.2) is 0 Å². The SMILES string of the molecule is Cc1[nH]nc2c1CN(C(=O)Cn1ccc(C3CCCNC3)n1)CC2.Cl. The number of nitrogens with one attached hydrogen (secondary N) is 2. The zero-order chi connectivity index (χ0) is 16.5. The standard InChI is InChI=1S/C17H24N6O.ClH/c1-12-14-10-22(7-4-16(14)20-19-12)17(24)11-23-8-5-15(21-23)13-3-2-6-18-9-13;/h5,8,13,18H,2-4,6-7,9-11H2,1H3,(H,19,20);1H. The van der Waals surface area contributed by atoms with Gasteiger partial charge in [0.05, 0.1) is 11.4 Å². The third-order valence-electron chi connectivity index (χ3n) is 5.15. The van der Waals surface area contributed by atoms with Crippen molar-refractivity contribution in [3.8, 4) is 0 Å². The Morgan fingerprint density at radius 3 is 3.12 bits per heavy atom. The molecule has 2 aromatic rings. The lowest BCUT2D eigenvalue weighted by Gasteiger charge is -2.26. The third kappa shape index (κ3) is 3.72. The molecule has 0 aromatic carbocycles. The summed E-state index contributed by atoms with van der Waals surface area (Å²) in [7, 11) is 0. The topological polar surface area (TPSA) is 78.8 Å². The van der Waals surface area contributed by atoms with Crippen LogP contribution in [0.3, 0.4) is 0 Å². The van der Waals surface area contributed by atoms with Crippen molar-refractivity contribution in [3.63, 3.8) is 0 Å². The molecule has 0 spiro atoms. The molecule has 8 heteroatoms. The van der Waals surface area contributed by atoms with Crippen LogP contribution < -0.4 is 5.32 Å². The summed E-state index contributed by atoms with van der Waals surface area (Å²) in [6, 6.07) is 2.06. The maximum Gasteiger partial charge on any atom is 0.244 e. The van der Waals surface area contributed by atoms with E-state index >= 15 is 0 Å². The average Bonchev–Trinajstić information content (AvgIpc) is 3.23. The first kappa shape index (κ1) is 17.9. The Morgan fingerprint density at radius 2 is 2.32 bits per heavy atom. The van der Waals surface area contributed by atoms with Crippen LogP contribution in [0.1, 0.15) is 41.4 Å². The molecule has 4 rings (SSSR count). The highest BCUT2D eigenvalue weighted by Gasteiger charge is 2.24. The minimum absolute atomic E-state index is 0. The van der Waals surface area contributed by atoms with E-state index in [4.69, 9.17) is 0 Å². The van der Waals surface area contributed by atoms with Crippen LogP contribution in [0, 0.1) is 6.92 Å². The van der Waals surface area contributed by atoms with E-state index in [1.54, 1.807) is 4.68 Å². The van der Waals surface area contributed by atoms with Crippen LogP contribution >= 0.6 is 12.4 Å². The van der Waals surface area contributed by atoms with Gasteiger partial charge in [-0.15, -0.1) is 12.4 Å². The highest BCUT2D eigenvalue weighted by atomic mass is 35.5. The summed E-state index contributed by atoms with van der Waals surface area (Å²) in [6.45, 7) is 5.79. The second-order valence-electron chi connectivity index (χ2n) is 6.82. The molecule has 0 radical (unpaired) electrons. The van der Waals surface area contributed by atoms with Gasteiger partial charge in [-0.05, 0) is 32.4 Å². The summed E-state index contributed by atoms with van der Waals surface area (Å²) in [5.41, 5.74) is 4.43. The summed E-state index contributed by atoms with van der Waals surface area (Å²) in [4.78, 5) is 14.5. The Hall–Kier alpha value is -1.86. The van der Waals surface area contributed by atoms with Crippen LogP contribution in [0.4, 0.5) is 0 Å². The van der Waals surface area contributed by atoms with Crippen molar-refractivity contribution in [2.45, 2.75) is 45.2 Å². The summed E-state index contributed by atoms with van der Waals surface area (Å²) >= 11 is 0. The number of H-pyrrole nitrogens is 1. The van der Waals surface area contributed by atoms with Crippen molar-refractivity contribution < 1.29 is 4.79 Å². The molecule has 1 atom stereocenters. The molecule has 2 aromatic heterocycles. The monoisotopic (exact) mass is 364 g/mol. The molecular weight excluding hydrogens is 340 g/mol. The summed E-state index contributed by atoms with van der Waals surface area (Å²) in [5.74, 6) is 0.596. The van der Waals surface area contributed by atoms with Gasteiger partial charge in [-0.25, -0.2) is 0 Å². The Bertz CT molecular complexity index is 733. The van der Waals surface area contributed by atoms with Gasteiger partial charge in [-0.1, -0.05) is 0 Å². The van der Waals surface area contributed by atoms with E-state index in [0.717, 1.165) is 43.1 Å². The molecule has 0 saturated carbocycles. The number of fused-ring (bicyclic) bond motifs is 1. The van der Waals surface area contributed by atoms with Crippen LogP contribution in [0.2, 0.25) is 0 Å². The molecule has 2 aliphatic heterocycles. The van der Waals surface area contributed by atoms with Gasteiger partial charge >= 0.3 is 0 Å². The second-order valence-corrected chi connectivity index (χ2v) is 6.82. The lowest BCUT2D eigenvalue weighted by molar-refractivity contribution is -0.133. The molecule has 1 unspecified atom stereocenters. The van der Waals surface area contributed by atoms with Gasteiger partial charge in [0.25, 0.3) is 0 Å². The van der Waals surface area contributed by atoms with E-state index in [9.17, 15) is 4.79 Å². The second kappa shape index (κ2) is 7.58. The number of aromatic amines is 1. The maximum atomic E-state index is 12.6. The number of carbonyl (C=O) groups is 1. The number of halogens is 1. The molecule has 136 valence electrons. The fourth-order valence-electron chi connectivity index (χ4n) is 3.67. The van der Waals surface area contributed by atoms with Gasteiger partial charge in [0, 0.05) is 49.4 Å². The highest BCUT2D eigenvalue weighted by Crippen LogP contribution is 2.22. The van der Waals surface area contributed by atoms with E-state index in [0.29, 0.717) is 19.0 Å². The fraction of sp³-hybridized carbons (Fsp3) is 0.588. The number of aryl methyl sites for hydroxylation is 1. The van der Waals surface area contributed by atoms with Crippen molar-refractivity contribution in [1.29, 1.82) is 0 Å². The van der Waals surface area contributed by atoms with Crippen molar-refractivity contribution >= 4 is 18.3 Å². The number of hydrogen-bond acceptors (Lipinski definition) is 4. The average molecular weight is 365 g/mol. The van der Waals surface area contributed by atoms with Crippen LogP contribution in [0.5, 0.6) is 0 Å². The van der Waals surface area contributed by atoms with E-state index < -0.39 is 0 Å². The largest absolute Gasteiger partial charge is 0.336 e. The van der Waals surface area contributed by atoms with Crippen molar-refractivity contribution in [2.24, 2.45) is 0 Å². The number of rotatable bonds is 3. The molecule has 2 aliphatic rings. The zero-order valence-corrected chi connectivity index (χ0v) is 15.3. The van der Waals surface area contributed by atoms with Gasteiger partial charge in [0.1, 0.15) is 6.54 Å². The zero-order valence-electron chi connectivity index (χ0n) is 14.5. The quantitative estimate of drug-likeness (QED) is 0.862. The lowest BCUT2D eigenvalue weighted by atomic mass is 9.97. The van der Waals surface area contributed by atoms with Crippen molar-refractivity contribution in [3.05, 3.63) is 34.9 Å². The van der Waals surface area contributed by atoms with E-state index in [1.165, 1.54) is 18.4 Å².